The van der Waals surface area contributed by atoms with Crippen LogP contribution in [-0.4, -0.2) is 45.3 Å². The number of rotatable bonds is 6. The Morgan fingerprint density at radius 1 is 1.15 bits per heavy atom. The molecule has 1 fully saturated rings. The number of benzene rings is 1. The average molecular weight is 357 g/mol. The summed E-state index contributed by atoms with van der Waals surface area (Å²) in [6.07, 6.45) is 7.38. The Bertz CT molecular complexity index is 702. The van der Waals surface area contributed by atoms with Crippen LogP contribution in [0.2, 0.25) is 0 Å². The van der Waals surface area contributed by atoms with E-state index in [9.17, 15) is 0 Å². The van der Waals surface area contributed by atoms with E-state index in [0.717, 1.165) is 43.1 Å². The average Bonchev–Trinajstić information content (AvgIpc) is 3.11. The van der Waals surface area contributed by atoms with Gasteiger partial charge in [-0.25, -0.2) is 0 Å². The van der Waals surface area contributed by atoms with Crippen molar-refractivity contribution in [1.29, 1.82) is 0 Å². The zero-order chi connectivity index (χ0) is 18.7. The van der Waals surface area contributed by atoms with Crippen LogP contribution < -0.4 is 14.4 Å². The Hall–Kier alpha value is -2.10. The second kappa shape index (κ2) is 8.07. The van der Waals surface area contributed by atoms with Gasteiger partial charge in [0, 0.05) is 45.1 Å². The van der Waals surface area contributed by atoms with E-state index in [1.54, 1.807) is 7.11 Å². The van der Waals surface area contributed by atoms with Crippen molar-refractivity contribution in [3.63, 3.8) is 0 Å². The highest BCUT2D eigenvalue weighted by atomic mass is 16.5. The van der Waals surface area contributed by atoms with Crippen LogP contribution in [0, 0.1) is 0 Å². The van der Waals surface area contributed by atoms with Gasteiger partial charge in [0.15, 0.2) is 11.5 Å². The molecule has 0 amide bonds. The Kier molecular flexibility index (Phi) is 5.80. The van der Waals surface area contributed by atoms with Crippen LogP contribution in [0.25, 0.3) is 0 Å². The molecule has 1 saturated carbocycles. The van der Waals surface area contributed by atoms with E-state index in [1.807, 2.05) is 6.07 Å². The molecular formula is C22H32N2O2. The van der Waals surface area contributed by atoms with Gasteiger partial charge in [-0.2, -0.15) is 0 Å². The molecule has 0 saturated heterocycles. The summed E-state index contributed by atoms with van der Waals surface area (Å²) in [6, 6.07) is 6.26. The first kappa shape index (κ1) is 18.7. The van der Waals surface area contributed by atoms with Crippen LogP contribution in [0.15, 0.2) is 41.1 Å². The van der Waals surface area contributed by atoms with Crippen LogP contribution in [0.1, 0.15) is 39.5 Å². The molecule has 0 spiro atoms. The molecule has 1 aromatic rings. The number of anilines is 1. The van der Waals surface area contributed by atoms with Crippen molar-refractivity contribution in [2.75, 3.05) is 39.2 Å². The molecule has 0 unspecified atom stereocenters. The van der Waals surface area contributed by atoms with Crippen molar-refractivity contribution in [1.82, 2.24) is 4.90 Å². The number of ether oxygens (including phenoxy) is 2. The molecule has 0 bridgehead atoms. The summed E-state index contributed by atoms with van der Waals surface area (Å²) < 4.78 is 11.8. The topological polar surface area (TPSA) is 24.9 Å². The minimum atomic E-state index is 0.327. The predicted octanol–water partition coefficient (Wildman–Crippen LogP) is 4.62. The Labute approximate surface area is 158 Å². The number of methoxy groups -OCH3 is 1. The van der Waals surface area contributed by atoms with Crippen molar-refractivity contribution in [3.8, 4) is 11.5 Å². The Morgan fingerprint density at radius 2 is 1.88 bits per heavy atom. The van der Waals surface area contributed by atoms with Gasteiger partial charge in [-0.1, -0.05) is 0 Å². The maximum Gasteiger partial charge on any atom is 0.163 e. The minimum Gasteiger partial charge on any atom is -0.493 e. The molecule has 2 aliphatic rings. The van der Waals surface area contributed by atoms with Gasteiger partial charge in [0.05, 0.1) is 13.2 Å². The lowest BCUT2D eigenvalue weighted by atomic mass is 9.98. The summed E-state index contributed by atoms with van der Waals surface area (Å²) in [6.45, 7) is 6.33. The van der Waals surface area contributed by atoms with Crippen molar-refractivity contribution >= 4 is 5.69 Å². The summed E-state index contributed by atoms with van der Waals surface area (Å²) in [4.78, 5) is 4.54. The number of nitrogens with zero attached hydrogens (tertiary/aromatic N) is 2. The summed E-state index contributed by atoms with van der Waals surface area (Å²) in [7, 11) is 5.98. The molecule has 1 aromatic carbocycles. The molecule has 0 radical (unpaired) electrons. The minimum absolute atomic E-state index is 0.327. The molecule has 0 atom stereocenters. The van der Waals surface area contributed by atoms with Gasteiger partial charge < -0.3 is 19.3 Å². The largest absolute Gasteiger partial charge is 0.493 e. The van der Waals surface area contributed by atoms with E-state index in [1.165, 1.54) is 29.6 Å². The second-order valence-electron chi connectivity index (χ2n) is 7.70. The van der Waals surface area contributed by atoms with Gasteiger partial charge in [-0.15, -0.1) is 0 Å². The SMILES string of the molecule is COc1ccc(N(C)CC2=C(C)CN(C)C=C2C)cc1OC1CCCC1. The van der Waals surface area contributed by atoms with Gasteiger partial charge in [-0.3, -0.25) is 0 Å². The van der Waals surface area contributed by atoms with Gasteiger partial charge in [0.25, 0.3) is 0 Å². The summed E-state index contributed by atoms with van der Waals surface area (Å²) in [5.74, 6) is 1.69. The van der Waals surface area contributed by atoms with E-state index in [2.05, 4.69) is 56.1 Å². The van der Waals surface area contributed by atoms with E-state index in [-0.39, 0.29) is 0 Å². The highest BCUT2D eigenvalue weighted by molar-refractivity contribution is 5.57. The van der Waals surface area contributed by atoms with Crippen LogP contribution in [0.4, 0.5) is 5.69 Å². The zero-order valence-electron chi connectivity index (χ0n) is 16.8. The van der Waals surface area contributed by atoms with Crippen LogP contribution >= 0.6 is 0 Å². The maximum atomic E-state index is 6.25. The second-order valence-corrected chi connectivity index (χ2v) is 7.70. The van der Waals surface area contributed by atoms with Crippen molar-refractivity contribution < 1.29 is 9.47 Å². The molecule has 0 N–H and O–H groups in total. The van der Waals surface area contributed by atoms with Crippen LogP contribution in [0.5, 0.6) is 11.5 Å². The number of hydrogen-bond acceptors (Lipinski definition) is 4. The third kappa shape index (κ3) is 4.17. The van der Waals surface area contributed by atoms with Gasteiger partial charge in [-0.05, 0) is 68.4 Å². The first-order valence-corrected chi connectivity index (χ1v) is 9.61. The fourth-order valence-electron chi connectivity index (χ4n) is 4.03. The lowest BCUT2D eigenvalue weighted by Crippen LogP contribution is -2.27. The van der Waals surface area contributed by atoms with Crippen LogP contribution in [0.3, 0.4) is 0 Å². The molecule has 3 rings (SSSR count). The lowest BCUT2D eigenvalue weighted by molar-refractivity contribution is 0.201. The quantitative estimate of drug-likeness (QED) is 0.743. The van der Waals surface area contributed by atoms with Gasteiger partial charge in [0.2, 0.25) is 0 Å². The zero-order valence-corrected chi connectivity index (χ0v) is 16.8. The highest BCUT2D eigenvalue weighted by Crippen LogP contribution is 2.35. The third-order valence-corrected chi connectivity index (χ3v) is 5.47. The molecule has 26 heavy (non-hydrogen) atoms. The van der Waals surface area contributed by atoms with E-state index >= 15 is 0 Å². The third-order valence-electron chi connectivity index (χ3n) is 5.47. The predicted molar refractivity (Wildman–Crippen MR) is 108 cm³/mol. The summed E-state index contributed by atoms with van der Waals surface area (Å²) in [5.41, 5.74) is 5.37. The molecule has 1 aliphatic carbocycles. The first-order valence-electron chi connectivity index (χ1n) is 9.61. The monoisotopic (exact) mass is 356 g/mol. The fraction of sp³-hybridized carbons (Fsp3) is 0.545. The Balaban J connectivity index is 1.77. The normalized spacial score (nSPS) is 18.2. The molecule has 0 aromatic heterocycles. The van der Waals surface area contributed by atoms with Gasteiger partial charge in [0.1, 0.15) is 0 Å². The van der Waals surface area contributed by atoms with Gasteiger partial charge >= 0.3 is 0 Å². The highest BCUT2D eigenvalue weighted by Gasteiger charge is 2.20. The van der Waals surface area contributed by atoms with Crippen molar-refractivity contribution in [2.24, 2.45) is 0 Å². The molecular weight excluding hydrogens is 324 g/mol. The molecule has 1 aliphatic heterocycles. The van der Waals surface area contributed by atoms with E-state index < -0.39 is 0 Å². The molecule has 1 heterocycles. The first-order chi connectivity index (χ1) is 12.5. The standard InChI is InChI=1S/C22H32N2O2/c1-16-13-23(3)14-17(2)20(16)15-24(4)18-10-11-21(25-5)22(12-18)26-19-8-6-7-9-19/h10-13,19H,6-9,14-15H2,1-5H3. The summed E-state index contributed by atoms with van der Waals surface area (Å²) in [5, 5.41) is 0. The van der Waals surface area contributed by atoms with Crippen LogP contribution in [-0.2, 0) is 0 Å². The smallest absolute Gasteiger partial charge is 0.163 e. The molecule has 142 valence electrons. The lowest BCUT2D eigenvalue weighted by Gasteiger charge is -2.29. The Morgan fingerprint density at radius 3 is 2.54 bits per heavy atom. The molecule has 4 heteroatoms. The fourth-order valence-corrected chi connectivity index (χ4v) is 4.03. The van der Waals surface area contributed by atoms with Crippen molar-refractivity contribution in [3.05, 3.63) is 41.1 Å². The van der Waals surface area contributed by atoms with Crippen molar-refractivity contribution in [2.45, 2.75) is 45.6 Å². The summed E-state index contributed by atoms with van der Waals surface area (Å²) >= 11 is 0. The number of likely N-dealkylation sites (N-methyl/N-ethyl adjacent to an activating group) is 2. The van der Waals surface area contributed by atoms with E-state index in [4.69, 9.17) is 9.47 Å². The van der Waals surface area contributed by atoms with E-state index in [0.29, 0.717) is 6.10 Å². The maximum absolute atomic E-state index is 6.25. The molecule has 4 nitrogen and oxygen atoms in total. The number of hydrogen-bond donors (Lipinski definition) is 0.